The number of imidazole rings is 1. The molecule has 0 saturated carbocycles. The van der Waals surface area contributed by atoms with E-state index < -0.39 is 18.8 Å². The Morgan fingerprint density at radius 3 is 2.57 bits per heavy atom. The third-order valence-electron chi connectivity index (χ3n) is 4.92. The average Bonchev–Trinajstić information content (AvgIpc) is 2.88. The predicted molar refractivity (Wildman–Crippen MR) is 106 cm³/mol. The zero-order chi connectivity index (χ0) is 21.3. The number of hydrogen-bond donors (Lipinski definition) is 0. The molecular weight excluding hydrogens is 395 g/mol. The molecule has 0 saturated heterocycles. The van der Waals surface area contributed by atoms with Crippen LogP contribution in [-0.2, 0) is 17.7 Å². The summed E-state index contributed by atoms with van der Waals surface area (Å²) in [7, 11) is 0. The highest BCUT2D eigenvalue weighted by atomic mass is 19.3. The Morgan fingerprint density at radius 2 is 1.83 bits per heavy atom. The Kier molecular flexibility index (Phi) is 5.76. The first-order valence-corrected chi connectivity index (χ1v) is 9.76. The maximum absolute atomic E-state index is 14.1. The van der Waals surface area contributed by atoms with Gasteiger partial charge < -0.3 is 14.0 Å². The summed E-state index contributed by atoms with van der Waals surface area (Å²) in [6.45, 7) is 4.69. The summed E-state index contributed by atoms with van der Waals surface area (Å²) in [5, 5.41) is 0. The number of aromatic nitrogens is 3. The van der Waals surface area contributed by atoms with Gasteiger partial charge in [-0.2, -0.15) is 0 Å². The van der Waals surface area contributed by atoms with Crippen molar-refractivity contribution in [3.63, 3.8) is 0 Å². The number of aryl methyl sites for hydroxylation is 2. The third kappa shape index (κ3) is 4.18. The van der Waals surface area contributed by atoms with Crippen molar-refractivity contribution in [3.05, 3.63) is 53.2 Å². The van der Waals surface area contributed by atoms with Crippen molar-refractivity contribution in [2.24, 2.45) is 0 Å². The van der Waals surface area contributed by atoms with Crippen molar-refractivity contribution in [1.82, 2.24) is 14.5 Å². The molecule has 0 spiro atoms. The van der Waals surface area contributed by atoms with E-state index in [4.69, 9.17) is 14.5 Å². The van der Waals surface area contributed by atoms with E-state index in [-0.39, 0.29) is 5.75 Å². The van der Waals surface area contributed by atoms with Crippen molar-refractivity contribution in [3.8, 4) is 28.4 Å². The zero-order valence-electron chi connectivity index (χ0n) is 16.8. The Morgan fingerprint density at radius 1 is 1.07 bits per heavy atom. The van der Waals surface area contributed by atoms with E-state index in [0.717, 1.165) is 28.3 Å². The van der Waals surface area contributed by atoms with Crippen LogP contribution in [0.1, 0.15) is 17.1 Å². The Labute approximate surface area is 172 Å². The van der Waals surface area contributed by atoms with Crippen LogP contribution in [0.3, 0.4) is 0 Å². The van der Waals surface area contributed by atoms with Crippen LogP contribution in [0.2, 0.25) is 0 Å². The standard InChI is InChI=1S/C22H22F3N3O2/c1-13-9-16(10-14(2)26-13)21-18-5-7-29-8-6-28(18)22(27-21)15-3-4-17(23)19(11-15)30-12-20(24)25/h3-4,9-11,20H,5-8,12H2,1-2H3. The van der Waals surface area contributed by atoms with Gasteiger partial charge in [0.15, 0.2) is 11.6 Å². The van der Waals surface area contributed by atoms with Crippen LogP contribution >= 0.6 is 0 Å². The predicted octanol–water partition coefficient (Wildman–Crippen LogP) is 4.58. The fraction of sp³-hybridized carbons (Fsp3) is 0.364. The quantitative estimate of drug-likeness (QED) is 0.610. The second kappa shape index (κ2) is 8.47. The smallest absolute Gasteiger partial charge is 0.272 e. The highest BCUT2D eigenvalue weighted by Gasteiger charge is 2.22. The topological polar surface area (TPSA) is 49.2 Å². The van der Waals surface area contributed by atoms with Crippen molar-refractivity contribution in [2.45, 2.75) is 33.2 Å². The fourth-order valence-corrected chi connectivity index (χ4v) is 3.74. The first kappa shape index (κ1) is 20.4. The van der Waals surface area contributed by atoms with Gasteiger partial charge in [0.2, 0.25) is 0 Å². The first-order valence-electron chi connectivity index (χ1n) is 9.76. The van der Waals surface area contributed by atoms with Gasteiger partial charge in [0.1, 0.15) is 12.4 Å². The summed E-state index contributed by atoms with van der Waals surface area (Å²) in [5.74, 6) is -0.280. The molecular formula is C22H22F3N3O2. The largest absolute Gasteiger partial charge is 0.485 e. The average molecular weight is 417 g/mol. The summed E-state index contributed by atoms with van der Waals surface area (Å²) in [5.41, 5.74) is 5.17. The molecule has 0 bridgehead atoms. The summed E-state index contributed by atoms with van der Waals surface area (Å²) in [4.78, 5) is 9.31. The Bertz CT molecular complexity index is 1050. The highest BCUT2D eigenvalue weighted by Crippen LogP contribution is 2.33. The fourth-order valence-electron chi connectivity index (χ4n) is 3.74. The highest BCUT2D eigenvalue weighted by molar-refractivity contribution is 5.69. The maximum atomic E-state index is 14.1. The lowest BCUT2D eigenvalue weighted by atomic mass is 10.1. The second-order valence-corrected chi connectivity index (χ2v) is 7.23. The van der Waals surface area contributed by atoms with E-state index in [1.54, 1.807) is 6.07 Å². The molecule has 1 aliphatic heterocycles. The van der Waals surface area contributed by atoms with Gasteiger partial charge >= 0.3 is 0 Å². The molecule has 0 unspecified atom stereocenters. The van der Waals surface area contributed by atoms with Crippen molar-refractivity contribution < 1.29 is 22.6 Å². The molecule has 0 aliphatic carbocycles. The van der Waals surface area contributed by atoms with Crippen molar-refractivity contribution in [2.75, 3.05) is 19.8 Å². The summed E-state index contributed by atoms with van der Waals surface area (Å²) in [6.07, 6.45) is -2.00. The molecule has 8 heteroatoms. The lowest BCUT2D eigenvalue weighted by molar-refractivity contribution is 0.0799. The molecule has 0 amide bonds. The molecule has 4 rings (SSSR count). The number of alkyl halides is 2. The number of halogens is 3. The zero-order valence-corrected chi connectivity index (χ0v) is 16.8. The number of benzene rings is 1. The normalized spacial score (nSPS) is 13.9. The van der Waals surface area contributed by atoms with E-state index >= 15 is 0 Å². The maximum Gasteiger partial charge on any atom is 0.272 e. The van der Waals surface area contributed by atoms with E-state index in [2.05, 4.69) is 9.55 Å². The number of fused-ring (bicyclic) bond motifs is 1. The van der Waals surface area contributed by atoms with Crippen LogP contribution < -0.4 is 4.74 Å². The minimum atomic E-state index is -2.68. The monoisotopic (exact) mass is 417 g/mol. The molecule has 30 heavy (non-hydrogen) atoms. The SMILES string of the molecule is Cc1cc(-c2nc(-c3ccc(F)c(OCC(F)F)c3)n3c2CCOCC3)cc(C)n1. The van der Waals surface area contributed by atoms with Gasteiger partial charge in [-0.05, 0) is 44.2 Å². The van der Waals surface area contributed by atoms with Crippen LogP contribution in [0, 0.1) is 19.7 Å². The second-order valence-electron chi connectivity index (χ2n) is 7.23. The molecule has 0 N–H and O–H groups in total. The molecule has 5 nitrogen and oxygen atoms in total. The minimum absolute atomic E-state index is 0.216. The third-order valence-corrected chi connectivity index (χ3v) is 4.92. The number of rotatable bonds is 5. The van der Waals surface area contributed by atoms with Crippen molar-refractivity contribution in [1.29, 1.82) is 0 Å². The van der Waals surface area contributed by atoms with Crippen LogP contribution in [0.4, 0.5) is 13.2 Å². The summed E-state index contributed by atoms with van der Waals surface area (Å²) >= 11 is 0. The summed E-state index contributed by atoms with van der Waals surface area (Å²) < 4.78 is 51.8. The van der Waals surface area contributed by atoms with Crippen LogP contribution in [0.5, 0.6) is 5.75 Å². The van der Waals surface area contributed by atoms with Crippen LogP contribution in [-0.4, -0.2) is 40.8 Å². The van der Waals surface area contributed by atoms with E-state index in [0.29, 0.717) is 37.6 Å². The number of nitrogens with zero attached hydrogens (tertiary/aromatic N) is 3. The first-order chi connectivity index (χ1) is 14.4. The molecule has 3 heterocycles. The molecule has 1 aliphatic rings. The van der Waals surface area contributed by atoms with Gasteiger partial charge in [-0.1, -0.05) is 0 Å². The van der Waals surface area contributed by atoms with E-state index in [1.165, 1.54) is 12.1 Å². The van der Waals surface area contributed by atoms with Gasteiger partial charge in [0, 0.05) is 41.2 Å². The van der Waals surface area contributed by atoms with Crippen LogP contribution in [0.25, 0.3) is 22.6 Å². The van der Waals surface area contributed by atoms with Gasteiger partial charge in [-0.15, -0.1) is 0 Å². The molecule has 2 aromatic heterocycles. The lowest BCUT2D eigenvalue weighted by Gasteiger charge is -2.11. The molecule has 1 aromatic carbocycles. The Hall–Kier alpha value is -2.87. The summed E-state index contributed by atoms with van der Waals surface area (Å²) in [6, 6.07) is 8.18. The lowest BCUT2D eigenvalue weighted by Crippen LogP contribution is -2.09. The van der Waals surface area contributed by atoms with Gasteiger partial charge in [-0.3, -0.25) is 4.98 Å². The van der Waals surface area contributed by atoms with Gasteiger partial charge in [0.05, 0.1) is 18.9 Å². The van der Waals surface area contributed by atoms with Gasteiger partial charge in [-0.25, -0.2) is 18.2 Å². The minimum Gasteiger partial charge on any atom is -0.485 e. The van der Waals surface area contributed by atoms with Gasteiger partial charge in [0.25, 0.3) is 6.43 Å². The number of ether oxygens (including phenoxy) is 2. The Balaban J connectivity index is 1.83. The molecule has 0 radical (unpaired) electrons. The number of hydrogen-bond acceptors (Lipinski definition) is 4. The van der Waals surface area contributed by atoms with E-state index in [9.17, 15) is 13.2 Å². The molecule has 0 fully saturated rings. The molecule has 0 atom stereocenters. The van der Waals surface area contributed by atoms with Crippen molar-refractivity contribution >= 4 is 0 Å². The number of pyridine rings is 1. The molecule has 158 valence electrons. The van der Waals surface area contributed by atoms with Crippen LogP contribution in [0.15, 0.2) is 30.3 Å². The molecule has 3 aromatic rings. The van der Waals surface area contributed by atoms with E-state index in [1.807, 2.05) is 26.0 Å².